The Hall–Kier alpha value is -1.31. The van der Waals surface area contributed by atoms with Crippen LogP contribution in [0.1, 0.15) is 12.8 Å². The lowest BCUT2D eigenvalue weighted by atomic mass is 9.98. The van der Waals surface area contributed by atoms with Gasteiger partial charge in [0, 0.05) is 6.54 Å². The number of rotatable bonds is 2. The Morgan fingerprint density at radius 2 is 1.95 bits per heavy atom. The van der Waals surface area contributed by atoms with Crippen LogP contribution in [0.4, 0.5) is 5.69 Å². The number of anilines is 1. The molecule has 2 aliphatic heterocycles. The standard InChI is InChI=1S/C13H18N4O2S.ClH/c18-20(19)12-4-2-1-3-11(12)16-13(17-20)15-9-10-5-7-14-8-6-10;/h1-4,10,14H,5-9H2,(H2,15,16,17);1H. The molecular formula is C13H19ClN4O2S. The highest BCUT2D eigenvalue weighted by Crippen LogP contribution is 2.26. The lowest BCUT2D eigenvalue weighted by Gasteiger charge is -2.25. The van der Waals surface area contributed by atoms with Gasteiger partial charge in [-0.05, 0) is 44.0 Å². The topological polar surface area (TPSA) is 82.6 Å². The van der Waals surface area contributed by atoms with E-state index >= 15 is 0 Å². The minimum atomic E-state index is -3.59. The highest BCUT2D eigenvalue weighted by atomic mass is 35.5. The van der Waals surface area contributed by atoms with E-state index in [2.05, 4.69) is 20.3 Å². The molecule has 116 valence electrons. The molecule has 0 aromatic heterocycles. The third-order valence-electron chi connectivity index (χ3n) is 3.65. The van der Waals surface area contributed by atoms with Crippen LogP contribution in [0.3, 0.4) is 0 Å². The number of halogens is 1. The monoisotopic (exact) mass is 330 g/mol. The Balaban J connectivity index is 0.00000161. The molecule has 1 fully saturated rings. The molecule has 6 nitrogen and oxygen atoms in total. The third-order valence-corrected chi connectivity index (χ3v) is 4.98. The van der Waals surface area contributed by atoms with E-state index < -0.39 is 10.0 Å². The summed E-state index contributed by atoms with van der Waals surface area (Å²) >= 11 is 0. The normalized spacial score (nSPS) is 20.5. The molecule has 0 amide bonds. The first kappa shape index (κ1) is 16.1. The van der Waals surface area contributed by atoms with Gasteiger partial charge in [0.25, 0.3) is 10.0 Å². The summed E-state index contributed by atoms with van der Waals surface area (Å²) in [5, 5.41) is 9.47. The number of hydrogen-bond donors (Lipinski definition) is 3. The van der Waals surface area contributed by atoms with E-state index in [0.717, 1.165) is 32.5 Å². The first-order valence-corrected chi connectivity index (χ1v) is 8.25. The average Bonchev–Trinajstić information content (AvgIpc) is 2.46. The van der Waals surface area contributed by atoms with Crippen LogP contribution in [-0.4, -0.2) is 34.0 Å². The van der Waals surface area contributed by atoms with Crippen LogP contribution >= 0.6 is 12.4 Å². The van der Waals surface area contributed by atoms with Crippen molar-refractivity contribution in [1.82, 2.24) is 10.6 Å². The summed E-state index contributed by atoms with van der Waals surface area (Å²) in [5.74, 6) is 0.878. The molecule has 0 bridgehead atoms. The highest BCUT2D eigenvalue weighted by molar-refractivity contribution is 7.90. The predicted molar refractivity (Wildman–Crippen MR) is 85.5 cm³/mol. The van der Waals surface area contributed by atoms with Crippen molar-refractivity contribution in [3.05, 3.63) is 24.3 Å². The molecule has 2 aliphatic rings. The van der Waals surface area contributed by atoms with Crippen molar-refractivity contribution in [2.75, 3.05) is 25.0 Å². The third kappa shape index (κ3) is 3.66. The molecule has 3 rings (SSSR count). The van der Waals surface area contributed by atoms with E-state index in [9.17, 15) is 8.42 Å². The summed E-state index contributed by atoms with van der Waals surface area (Å²) in [6.45, 7) is 2.78. The van der Waals surface area contributed by atoms with Gasteiger partial charge in [0.1, 0.15) is 4.90 Å². The Bertz CT molecular complexity index is 627. The van der Waals surface area contributed by atoms with Crippen LogP contribution in [0, 0.1) is 5.92 Å². The van der Waals surface area contributed by atoms with E-state index in [-0.39, 0.29) is 17.3 Å². The zero-order valence-corrected chi connectivity index (χ0v) is 13.1. The molecular weight excluding hydrogens is 312 g/mol. The van der Waals surface area contributed by atoms with Gasteiger partial charge in [-0.15, -0.1) is 16.8 Å². The summed E-state index contributed by atoms with van der Waals surface area (Å²) in [6, 6.07) is 6.80. The quantitative estimate of drug-likeness (QED) is 0.758. The van der Waals surface area contributed by atoms with Gasteiger partial charge >= 0.3 is 0 Å². The number of piperidine rings is 1. The molecule has 0 unspecified atom stereocenters. The van der Waals surface area contributed by atoms with Gasteiger partial charge in [-0.25, -0.2) is 0 Å². The van der Waals surface area contributed by atoms with Crippen LogP contribution in [0.25, 0.3) is 0 Å². The molecule has 1 aromatic carbocycles. The molecule has 2 heterocycles. The lowest BCUT2D eigenvalue weighted by Crippen LogP contribution is -2.40. The molecule has 0 radical (unpaired) electrons. The predicted octanol–water partition coefficient (Wildman–Crippen LogP) is 1.17. The van der Waals surface area contributed by atoms with Crippen molar-refractivity contribution in [3.8, 4) is 0 Å². The molecule has 3 N–H and O–H groups in total. The number of benzene rings is 1. The van der Waals surface area contributed by atoms with Crippen molar-refractivity contribution in [3.63, 3.8) is 0 Å². The van der Waals surface area contributed by atoms with Crippen LogP contribution < -0.4 is 16.0 Å². The van der Waals surface area contributed by atoms with Crippen molar-refractivity contribution in [1.29, 1.82) is 0 Å². The van der Waals surface area contributed by atoms with E-state index in [0.29, 0.717) is 17.6 Å². The smallest absolute Gasteiger partial charge is 0.287 e. The van der Waals surface area contributed by atoms with Gasteiger partial charge in [0.15, 0.2) is 0 Å². The summed E-state index contributed by atoms with van der Waals surface area (Å²) in [6.07, 6.45) is 2.20. The summed E-state index contributed by atoms with van der Waals surface area (Å²) in [4.78, 5) is 0.229. The molecule has 0 spiro atoms. The van der Waals surface area contributed by atoms with E-state index in [1.165, 1.54) is 0 Å². The molecule has 21 heavy (non-hydrogen) atoms. The number of sulfonamides is 1. The number of para-hydroxylation sites is 1. The zero-order valence-electron chi connectivity index (χ0n) is 11.5. The van der Waals surface area contributed by atoms with Crippen LogP contribution in [-0.2, 0) is 10.0 Å². The zero-order chi connectivity index (χ0) is 14.0. The van der Waals surface area contributed by atoms with Gasteiger partial charge in [-0.3, -0.25) is 0 Å². The molecule has 0 atom stereocenters. The van der Waals surface area contributed by atoms with Gasteiger partial charge in [0.05, 0.1) is 5.69 Å². The van der Waals surface area contributed by atoms with Crippen molar-refractivity contribution in [2.24, 2.45) is 10.3 Å². The Kier molecular flexibility index (Phi) is 5.08. The molecule has 0 saturated carbocycles. The fourth-order valence-electron chi connectivity index (χ4n) is 2.52. The van der Waals surface area contributed by atoms with Crippen LogP contribution in [0.5, 0.6) is 0 Å². The molecule has 0 aliphatic carbocycles. The second-order valence-electron chi connectivity index (χ2n) is 5.11. The minimum Gasteiger partial charge on any atom is -0.355 e. The minimum absolute atomic E-state index is 0. The Labute approximate surface area is 130 Å². The Morgan fingerprint density at radius 3 is 2.71 bits per heavy atom. The maximum Gasteiger partial charge on any atom is 0.287 e. The number of guanidine groups is 1. The van der Waals surface area contributed by atoms with E-state index in [4.69, 9.17) is 0 Å². The lowest BCUT2D eigenvalue weighted by molar-refractivity contribution is 0.372. The number of nitrogens with zero attached hydrogens (tertiary/aromatic N) is 1. The molecule has 8 heteroatoms. The number of fused-ring (bicyclic) bond motifs is 1. The van der Waals surface area contributed by atoms with Gasteiger partial charge in [0.2, 0.25) is 5.96 Å². The van der Waals surface area contributed by atoms with Crippen molar-refractivity contribution >= 4 is 34.1 Å². The molecule has 1 aromatic rings. The fraction of sp³-hybridized carbons (Fsp3) is 0.462. The van der Waals surface area contributed by atoms with Crippen LogP contribution in [0.15, 0.2) is 33.6 Å². The Morgan fingerprint density at radius 1 is 1.24 bits per heavy atom. The molecule has 1 saturated heterocycles. The van der Waals surface area contributed by atoms with Gasteiger partial charge in [-0.2, -0.15) is 8.42 Å². The maximum absolute atomic E-state index is 12.1. The first-order valence-electron chi connectivity index (χ1n) is 6.81. The summed E-state index contributed by atoms with van der Waals surface area (Å²) in [7, 11) is -3.59. The second-order valence-corrected chi connectivity index (χ2v) is 6.68. The summed E-state index contributed by atoms with van der Waals surface area (Å²) < 4.78 is 27.9. The average molecular weight is 331 g/mol. The van der Waals surface area contributed by atoms with Crippen LogP contribution in [0.2, 0.25) is 0 Å². The largest absolute Gasteiger partial charge is 0.355 e. The number of nitrogens with one attached hydrogen (secondary N) is 3. The van der Waals surface area contributed by atoms with Gasteiger partial charge < -0.3 is 16.0 Å². The highest BCUT2D eigenvalue weighted by Gasteiger charge is 2.24. The SMILES string of the molecule is Cl.O=S1(=O)N=C(NCC2CCNCC2)Nc2ccccc21. The van der Waals surface area contributed by atoms with Gasteiger partial charge in [-0.1, -0.05) is 12.1 Å². The van der Waals surface area contributed by atoms with E-state index in [1.54, 1.807) is 24.3 Å². The van der Waals surface area contributed by atoms with Crippen molar-refractivity contribution < 1.29 is 8.42 Å². The summed E-state index contributed by atoms with van der Waals surface area (Å²) in [5.41, 5.74) is 0.579. The first-order chi connectivity index (χ1) is 9.65. The maximum atomic E-state index is 12.1. The number of hydrogen-bond acceptors (Lipinski definition) is 5. The van der Waals surface area contributed by atoms with E-state index in [1.807, 2.05) is 0 Å². The van der Waals surface area contributed by atoms with Crippen molar-refractivity contribution in [2.45, 2.75) is 17.7 Å². The fourth-order valence-corrected chi connectivity index (χ4v) is 3.61. The second kappa shape index (κ2) is 6.64.